The minimum atomic E-state index is -0.0859. The van der Waals surface area contributed by atoms with Crippen LogP contribution in [0.4, 0.5) is 0 Å². The second-order valence-electron chi connectivity index (χ2n) is 7.97. The van der Waals surface area contributed by atoms with Crippen LogP contribution in [-0.4, -0.2) is 23.1 Å². The summed E-state index contributed by atoms with van der Waals surface area (Å²) in [6, 6.07) is 15.7. The van der Waals surface area contributed by atoms with Crippen LogP contribution in [0.15, 0.2) is 53.4 Å². The van der Waals surface area contributed by atoms with E-state index >= 15 is 0 Å². The molecule has 2 fully saturated rings. The molecule has 4 nitrogen and oxygen atoms in total. The fraction of sp³-hybridized carbons (Fsp3) is 0.333. The summed E-state index contributed by atoms with van der Waals surface area (Å²) < 4.78 is 0. The molecular formula is C24H25ClN2O2S. The lowest BCUT2D eigenvalue weighted by Gasteiger charge is -2.39. The Bertz CT molecular complexity index is 973. The van der Waals surface area contributed by atoms with Crippen LogP contribution in [0.2, 0.25) is 5.02 Å². The lowest BCUT2D eigenvalue weighted by molar-refractivity contribution is -0.127. The van der Waals surface area contributed by atoms with Gasteiger partial charge in [-0.05, 0) is 49.5 Å². The van der Waals surface area contributed by atoms with Gasteiger partial charge in [0.25, 0.3) is 5.91 Å². The number of benzene rings is 2. The van der Waals surface area contributed by atoms with Crippen LogP contribution in [0, 0.1) is 12.8 Å². The molecule has 2 aliphatic rings. The van der Waals surface area contributed by atoms with E-state index in [0.717, 1.165) is 28.9 Å². The number of hydrogen-bond donors (Lipinski definition) is 2. The topological polar surface area (TPSA) is 58.2 Å². The molecule has 2 N–H and O–H groups in total. The summed E-state index contributed by atoms with van der Waals surface area (Å²) in [5, 5.41) is 7.12. The van der Waals surface area contributed by atoms with E-state index in [2.05, 4.69) is 10.6 Å². The molecule has 1 aliphatic carbocycles. The highest BCUT2D eigenvalue weighted by Crippen LogP contribution is 2.40. The highest BCUT2D eigenvalue weighted by molar-refractivity contribution is 8.04. The smallest absolute Gasteiger partial charge is 0.257 e. The van der Waals surface area contributed by atoms with Crippen LogP contribution in [-0.2, 0) is 16.1 Å². The van der Waals surface area contributed by atoms with Gasteiger partial charge in [-0.25, -0.2) is 0 Å². The fourth-order valence-electron chi connectivity index (χ4n) is 4.01. The first kappa shape index (κ1) is 21.0. The minimum Gasteiger partial charge on any atom is -0.352 e. The van der Waals surface area contributed by atoms with Gasteiger partial charge in [-0.15, -0.1) is 11.8 Å². The van der Waals surface area contributed by atoms with E-state index in [1.165, 1.54) is 5.56 Å². The Hall–Kier alpha value is -2.24. The predicted octanol–water partition coefficient (Wildman–Crippen LogP) is 4.71. The molecule has 3 unspecified atom stereocenters. The lowest BCUT2D eigenvalue weighted by Crippen LogP contribution is -2.51. The Morgan fingerprint density at radius 1 is 1.20 bits per heavy atom. The standard InChI is InChI=1S/C24H25ClN2O2S/c1-15-6-8-16(9-7-15)12-22-24(29)27-20-13-17(10-11-21(20)30-22)23(28)26-14-18-4-2-3-5-19(18)25/h2-9,12,17,20-21H,10-11,13-14H2,1H3,(H,26,28)(H,27,29)/b22-12+. The van der Waals surface area contributed by atoms with Crippen molar-refractivity contribution in [3.8, 4) is 0 Å². The first-order valence-electron chi connectivity index (χ1n) is 10.3. The maximum Gasteiger partial charge on any atom is 0.257 e. The number of thioether (sulfide) groups is 1. The molecule has 1 saturated carbocycles. The molecule has 156 valence electrons. The van der Waals surface area contributed by atoms with E-state index in [-0.39, 0.29) is 23.8 Å². The molecule has 3 atom stereocenters. The normalized spacial score (nSPS) is 24.8. The molecule has 6 heteroatoms. The minimum absolute atomic E-state index is 0.0301. The number of fused-ring (bicyclic) bond motifs is 1. The van der Waals surface area contributed by atoms with Gasteiger partial charge in [-0.2, -0.15) is 0 Å². The summed E-state index contributed by atoms with van der Waals surface area (Å²) in [6.45, 7) is 2.47. The molecule has 0 spiro atoms. The highest BCUT2D eigenvalue weighted by atomic mass is 35.5. The molecule has 1 saturated heterocycles. The first-order chi connectivity index (χ1) is 14.5. The number of amides is 2. The van der Waals surface area contributed by atoms with E-state index in [1.54, 1.807) is 11.8 Å². The third-order valence-corrected chi connectivity index (χ3v) is 7.56. The van der Waals surface area contributed by atoms with Crippen molar-refractivity contribution >= 4 is 41.3 Å². The zero-order valence-corrected chi connectivity index (χ0v) is 18.4. The van der Waals surface area contributed by atoms with Crippen molar-refractivity contribution in [2.75, 3.05) is 0 Å². The summed E-state index contributed by atoms with van der Waals surface area (Å²) in [5.74, 6) is -0.0928. The van der Waals surface area contributed by atoms with Crippen LogP contribution in [0.1, 0.15) is 36.0 Å². The zero-order chi connectivity index (χ0) is 21.1. The average Bonchev–Trinajstić information content (AvgIpc) is 2.74. The summed E-state index contributed by atoms with van der Waals surface area (Å²) in [7, 11) is 0. The van der Waals surface area contributed by atoms with E-state index in [1.807, 2.05) is 61.5 Å². The molecular weight excluding hydrogens is 416 g/mol. The Balaban J connectivity index is 1.35. The molecule has 0 bridgehead atoms. The van der Waals surface area contributed by atoms with Crippen molar-refractivity contribution in [3.05, 3.63) is 75.1 Å². The number of aryl methyl sites for hydroxylation is 1. The maximum atomic E-state index is 12.7. The second kappa shape index (κ2) is 9.27. The Kier molecular flexibility index (Phi) is 6.49. The molecule has 1 aliphatic heterocycles. The molecule has 2 amide bonds. The van der Waals surface area contributed by atoms with Crippen molar-refractivity contribution in [2.45, 2.75) is 44.0 Å². The molecule has 4 rings (SSSR count). The number of carbonyl (C=O) groups is 2. The quantitative estimate of drug-likeness (QED) is 0.677. The van der Waals surface area contributed by atoms with Gasteiger partial charge in [0.05, 0.1) is 4.91 Å². The molecule has 2 aromatic carbocycles. The Morgan fingerprint density at radius 2 is 1.97 bits per heavy atom. The number of hydrogen-bond acceptors (Lipinski definition) is 3. The van der Waals surface area contributed by atoms with E-state index in [0.29, 0.717) is 23.2 Å². The van der Waals surface area contributed by atoms with Gasteiger partial charge in [-0.1, -0.05) is 59.6 Å². The van der Waals surface area contributed by atoms with Crippen LogP contribution in [0.25, 0.3) is 6.08 Å². The largest absolute Gasteiger partial charge is 0.352 e. The summed E-state index contributed by atoms with van der Waals surface area (Å²) >= 11 is 7.82. The van der Waals surface area contributed by atoms with Crippen LogP contribution in [0.3, 0.4) is 0 Å². The fourth-order valence-corrected chi connectivity index (χ4v) is 5.51. The van der Waals surface area contributed by atoms with Gasteiger partial charge in [0.15, 0.2) is 0 Å². The van der Waals surface area contributed by atoms with Crippen molar-refractivity contribution < 1.29 is 9.59 Å². The summed E-state index contributed by atoms with van der Waals surface area (Å²) in [4.78, 5) is 26.1. The van der Waals surface area contributed by atoms with Crippen molar-refractivity contribution in [3.63, 3.8) is 0 Å². The summed E-state index contributed by atoms with van der Waals surface area (Å²) in [5.41, 5.74) is 3.14. The number of rotatable bonds is 4. The molecule has 0 radical (unpaired) electrons. The Morgan fingerprint density at radius 3 is 2.73 bits per heavy atom. The zero-order valence-electron chi connectivity index (χ0n) is 16.9. The van der Waals surface area contributed by atoms with Crippen molar-refractivity contribution in [2.24, 2.45) is 5.92 Å². The van der Waals surface area contributed by atoms with Crippen molar-refractivity contribution in [1.29, 1.82) is 0 Å². The average molecular weight is 441 g/mol. The van der Waals surface area contributed by atoms with Gasteiger partial charge in [0, 0.05) is 28.8 Å². The predicted molar refractivity (Wildman–Crippen MR) is 123 cm³/mol. The van der Waals surface area contributed by atoms with Gasteiger partial charge >= 0.3 is 0 Å². The third-order valence-electron chi connectivity index (χ3n) is 5.76. The second-order valence-corrected chi connectivity index (χ2v) is 9.66. The van der Waals surface area contributed by atoms with E-state index in [9.17, 15) is 9.59 Å². The molecule has 30 heavy (non-hydrogen) atoms. The summed E-state index contributed by atoms with van der Waals surface area (Å²) in [6.07, 6.45) is 4.37. The Labute approximate surface area is 186 Å². The number of halogens is 1. The maximum absolute atomic E-state index is 12.7. The van der Waals surface area contributed by atoms with Gasteiger partial charge < -0.3 is 10.6 Å². The monoisotopic (exact) mass is 440 g/mol. The number of carbonyl (C=O) groups excluding carboxylic acids is 2. The third kappa shape index (κ3) is 4.90. The van der Waals surface area contributed by atoms with Crippen LogP contribution < -0.4 is 10.6 Å². The van der Waals surface area contributed by atoms with E-state index in [4.69, 9.17) is 11.6 Å². The number of nitrogens with one attached hydrogen (secondary N) is 2. The molecule has 1 heterocycles. The lowest BCUT2D eigenvalue weighted by atomic mass is 9.84. The van der Waals surface area contributed by atoms with Gasteiger partial charge in [-0.3, -0.25) is 9.59 Å². The van der Waals surface area contributed by atoms with E-state index < -0.39 is 0 Å². The SMILES string of the molecule is Cc1ccc(/C=C2/SC3CCC(C(=O)NCc4ccccc4Cl)CC3NC2=O)cc1. The van der Waals surface area contributed by atoms with Gasteiger partial charge in [0.1, 0.15) is 0 Å². The van der Waals surface area contributed by atoms with Crippen LogP contribution >= 0.6 is 23.4 Å². The first-order valence-corrected chi connectivity index (χ1v) is 11.5. The molecule has 2 aromatic rings. The van der Waals surface area contributed by atoms with Crippen LogP contribution in [0.5, 0.6) is 0 Å². The highest BCUT2D eigenvalue weighted by Gasteiger charge is 2.39. The van der Waals surface area contributed by atoms with Gasteiger partial charge in [0.2, 0.25) is 5.91 Å². The van der Waals surface area contributed by atoms with Crippen molar-refractivity contribution in [1.82, 2.24) is 10.6 Å². The molecule has 0 aromatic heterocycles.